The average Bonchev–Trinajstić information content (AvgIpc) is 3.03. The van der Waals surface area contributed by atoms with E-state index in [1.165, 1.54) is 5.56 Å². The molecule has 0 aliphatic rings. The van der Waals surface area contributed by atoms with E-state index in [-0.39, 0.29) is 0 Å². The Hall–Kier alpha value is -2.69. The molecule has 0 fully saturated rings. The molecule has 2 N–H and O–H groups in total. The fraction of sp³-hybridized carbons (Fsp3) is 0.188. The third-order valence-electron chi connectivity index (χ3n) is 3.30. The van der Waals surface area contributed by atoms with E-state index in [4.69, 9.17) is 0 Å². The normalized spacial score (nSPS) is 10.6. The van der Waals surface area contributed by atoms with Gasteiger partial charge in [0, 0.05) is 18.9 Å². The molecule has 0 atom stereocenters. The van der Waals surface area contributed by atoms with Crippen LogP contribution in [0.15, 0.2) is 42.7 Å². The smallest absolute Gasteiger partial charge is 0.148 e. The minimum atomic E-state index is 0.724. The molecule has 0 amide bonds. The Morgan fingerprint density at radius 1 is 1.10 bits per heavy atom. The van der Waals surface area contributed by atoms with Crippen LogP contribution in [0.3, 0.4) is 0 Å². The molecule has 1 aromatic carbocycles. The first-order valence-electron chi connectivity index (χ1n) is 6.85. The van der Waals surface area contributed by atoms with E-state index in [2.05, 4.69) is 49.7 Å². The zero-order valence-corrected chi connectivity index (χ0v) is 12.1. The van der Waals surface area contributed by atoms with Crippen molar-refractivity contribution in [3.8, 4) is 11.3 Å². The van der Waals surface area contributed by atoms with Gasteiger partial charge in [0.25, 0.3) is 0 Å². The summed E-state index contributed by atoms with van der Waals surface area (Å²) in [4.78, 5) is 8.76. The maximum Gasteiger partial charge on any atom is 0.148 e. The van der Waals surface area contributed by atoms with Gasteiger partial charge in [-0.15, -0.1) is 0 Å². The Labute approximate surface area is 123 Å². The first-order valence-corrected chi connectivity index (χ1v) is 6.85. The summed E-state index contributed by atoms with van der Waals surface area (Å²) in [5.74, 6) is 0.840. The lowest BCUT2D eigenvalue weighted by atomic mass is 10.1. The summed E-state index contributed by atoms with van der Waals surface area (Å²) >= 11 is 0. The van der Waals surface area contributed by atoms with Gasteiger partial charge >= 0.3 is 0 Å². The highest BCUT2D eigenvalue weighted by Crippen LogP contribution is 2.17. The molecular formula is C16H17N5. The van der Waals surface area contributed by atoms with Crippen molar-refractivity contribution in [2.45, 2.75) is 20.4 Å². The van der Waals surface area contributed by atoms with Gasteiger partial charge in [0.05, 0.1) is 17.1 Å². The predicted octanol–water partition coefficient (Wildman–Crippen LogP) is 3.10. The molecule has 0 unspecified atom stereocenters. The second kappa shape index (κ2) is 5.75. The summed E-state index contributed by atoms with van der Waals surface area (Å²) in [6.45, 7) is 4.62. The number of nitrogens with one attached hydrogen (secondary N) is 2. The molecule has 21 heavy (non-hydrogen) atoms. The number of hydrogen-bond donors (Lipinski definition) is 2. The summed E-state index contributed by atoms with van der Waals surface area (Å²) in [6, 6.07) is 10.3. The molecular weight excluding hydrogens is 262 g/mol. The Morgan fingerprint density at radius 2 is 1.90 bits per heavy atom. The highest BCUT2D eigenvalue weighted by atomic mass is 15.1. The van der Waals surface area contributed by atoms with Gasteiger partial charge < -0.3 is 5.32 Å². The molecule has 0 aliphatic heterocycles. The fourth-order valence-electron chi connectivity index (χ4n) is 2.11. The standard InChI is InChI=1S/C16H17N5/c1-11-9-17-12(2)16(20-11)18-10-13-3-5-14(6-4-13)15-7-8-19-21-15/h3-9H,10H2,1-2H3,(H,18,20)(H,19,21). The van der Waals surface area contributed by atoms with Crippen molar-refractivity contribution in [3.63, 3.8) is 0 Å². The predicted molar refractivity (Wildman–Crippen MR) is 82.9 cm³/mol. The number of hydrogen-bond acceptors (Lipinski definition) is 4. The van der Waals surface area contributed by atoms with Gasteiger partial charge in [0.15, 0.2) is 0 Å². The quantitative estimate of drug-likeness (QED) is 0.770. The molecule has 3 aromatic rings. The molecule has 0 saturated heterocycles. The molecule has 0 spiro atoms. The zero-order valence-electron chi connectivity index (χ0n) is 12.1. The Bertz CT molecular complexity index is 717. The SMILES string of the molecule is Cc1cnc(C)c(NCc2ccc(-c3ccn[nH]3)cc2)n1. The van der Waals surface area contributed by atoms with Crippen LogP contribution in [0.2, 0.25) is 0 Å². The first-order chi connectivity index (χ1) is 10.2. The molecule has 0 saturated carbocycles. The van der Waals surface area contributed by atoms with Crippen LogP contribution in [-0.4, -0.2) is 20.2 Å². The first kappa shape index (κ1) is 13.3. The van der Waals surface area contributed by atoms with Gasteiger partial charge in [-0.3, -0.25) is 10.1 Å². The van der Waals surface area contributed by atoms with Crippen LogP contribution in [0.5, 0.6) is 0 Å². The lowest BCUT2D eigenvalue weighted by Crippen LogP contribution is -2.05. The summed E-state index contributed by atoms with van der Waals surface area (Å²) < 4.78 is 0. The molecule has 2 aromatic heterocycles. The molecule has 0 radical (unpaired) electrons. The van der Waals surface area contributed by atoms with E-state index in [0.717, 1.165) is 35.0 Å². The van der Waals surface area contributed by atoms with Crippen molar-refractivity contribution in [1.82, 2.24) is 20.2 Å². The van der Waals surface area contributed by atoms with Crippen molar-refractivity contribution in [1.29, 1.82) is 0 Å². The van der Waals surface area contributed by atoms with E-state index in [1.807, 2.05) is 19.9 Å². The second-order valence-electron chi connectivity index (χ2n) is 4.97. The van der Waals surface area contributed by atoms with Crippen LogP contribution in [0.4, 0.5) is 5.82 Å². The second-order valence-corrected chi connectivity index (χ2v) is 4.97. The average molecular weight is 279 g/mol. The molecule has 106 valence electrons. The zero-order chi connectivity index (χ0) is 14.7. The molecule has 5 nitrogen and oxygen atoms in total. The van der Waals surface area contributed by atoms with Crippen LogP contribution in [0.25, 0.3) is 11.3 Å². The van der Waals surface area contributed by atoms with Crippen molar-refractivity contribution in [2.75, 3.05) is 5.32 Å². The molecule has 3 rings (SSSR count). The van der Waals surface area contributed by atoms with Crippen LogP contribution in [0.1, 0.15) is 17.0 Å². The maximum atomic E-state index is 4.46. The van der Waals surface area contributed by atoms with Gasteiger partial charge in [0.1, 0.15) is 5.82 Å². The van der Waals surface area contributed by atoms with E-state index in [9.17, 15) is 0 Å². The number of aryl methyl sites for hydroxylation is 2. The largest absolute Gasteiger partial charge is 0.364 e. The van der Waals surface area contributed by atoms with Gasteiger partial charge in [-0.2, -0.15) is 5.10 Å². The third kappa shape index (κ3) is 3.08. The van der Waals surface area contributed by atoms with Crippen molar-refractivity contribution >= 4 is 5.82 Å². The van der Waals surface area contributed by atoms with Crippen molar-refractivity contribution in [3.05, 3.63) is 59.7 Å². The van der Waals surface area contributed by atoms with Crippen LogP contribution >= 0.6 is 0 Å². The number of aromatic nitrogens is 4. The monoisotopic (exact) mass is 279 g/mol. The van der Waals surface area contributed by atoms with Gasteiger partial charge in [-0.05, 0) is 31.0 Å². The van der Waals surface area contributed by atoms with Gasteiger partial charge in [-0.1, -0.05) is 24.3 Å². The Balaban J connectivity index is 1.70. The number of nitrogens with zero attached hydrogens (tertiary/aromatic N) is 3. The van der Waals surface area contributed by atoms with Gasteiger partial charge in [0.2, 0.25) is 0 Å². The Morgan fingerprint density at radius 3 is 2.62 bits per heavy atom. The highest BCUT2D eigenvalue weighted by Gasteiger charge is 2.03. The lowest BCUT2D eigenvalue weighted by molar-refractivity contribution is 1.02. The van der Waals surface area contributed by atoms with Crippen LogP contribution < -0.4 is 5.32 Å². The number of H-pyrrole nitrogens is 1. The van der Waals surface area contributed by atoms with Crippen molar-refractivity contribution in [2.24, 2.45) is 0 Å². The molecule has 5 heteroatoms. The molecule has 0 aliphatic carbocycles. The highest BCUT2D eigenvalue weighted by molar-refractivity contribution is 5.58. The van der Waals surface area contributed by atoms with E-state index < -0.39 is 0 Å². The molecule has 0 bridgehead atoms. The number of rotatable bonds is 4. The summed E-state index contributed by atoms with van der Waals surface area (Å²) in [6.07, 6.45) is 3.53. The van der Waals surface area contributed by atoms with Crippen molar-refractivity contribution < 1.29 is 0 Å². The van der Waals surface area contributed by atoms with Gasteiger partial charge in [-0.25, -0.2) is 4.98 Å². The fourth-order valence-corrected chi connectivity index (χ4v) is 2.11. The minimum Gasteiger partial charge on any atom is -0.364 e. The number of aromatic amines is 1. The number of benzene rings is 1. The molecule has 2 heterocycles. The van der Waals surface area contributed by atoms with E-state index >= 15 is 0 Å². The lowest BCUT2D eigenvalue weighted by Gasteiger charge is -2.09. The Kier molecular flexibility index (Phi) is 3.64. The van der Waals surface area contributed by atoms with E-state index in [0.29, 0.717) is 0 Å². The third-order valence-corrected chi connectivity index (χ3v) is 3.30. The topological polar surface area (TPSA) is 66.5 Å². The maximum absolute atomic E-state index is 4.46. The van der Waals surface area contributed by atoms with Crippen LogP contribution in [-0.2, 0) is 6.54 Å². The minimum absolute atomic E-state index is 0.724. The number of anilines is 1. The summed E-state index contributed by atoms with van der Waals surface area (Å²) in [5, 5.41) is 10.3. The summed E-state index contributed by atoms with van der Waals surface area (Å²) in [5.41, 5.74) is 5.17. The van der Waals surface area contributed by atoms with Crippen LogP contribution in [0, 0.1) is 13.8 Å². The summed E-state index contributed by atoms with van der Waals surface area (Å²) in [7, 11) is 0. The van der Waals surface area contributed by atoms with E-state index in [1.54, 1.807) is 12.4 Å².